The molecule has 1 fully saturated rings. The van der Waals surface area contributed by atoms with Gasteiger partial charge >= 0.3 is 0 Å². The number of likely N-dealkylation sites (N-methyl/N-ethyl adjacent to an activating group) is 1. The number of benzene rings is 1. The molecule has 0 radical (unpaired) electrons. The maximum atomic E-state index is 3.41. The average Bonchev–Trinajstić information content (AvgIpc) is 2.48. The van der Waals surface area contributed by atoms with Crippen LogP contribution < -0.4 is 5.32 Å². The third kappa shape index (κ3) is 5.23. The highest BCUT2D eigenvalue weighted by atomic mass is 15.2. The molecule has 0 aromatic heterocycles. The fourth-order valence-electron chi connectivity index (χ4n) is 3.03. The number of nitrogens with zero attached hydrogens (tertiary/aromatic N) is 2. The van der Waals surface area contributed by atoms with Crippen molar-refractivity contribution in [1.29, 1.82) is 0 Å². The second kappa shape index (κ2) is 8.40. The van der Waals surface area contributed by atoms with Crippen molar-refractivity contribution in [3.8, 4) is 0 Å². The molecule has 3 heteroatoms. The lowest BCUT2D eigenvalue weighted by molar-refractivity contribution is 0.183. The maximum Gasteiger partial charge on any atom is 0.0230 e. The molecule has 1 unspecified atom stereocenters. The highest BCUT2D eigenvalue weighted by Crippen LogP contribution is 2.10. The van der Waals surface area contributed by atoms with Crippen LogP contribution in [0.3, 0.4) is 0 Å². The van der Waals surface area contributed by atoms with Gasteiger partial charge in [-0.2, -0.15) is 0 Å². The van der Waals surface area contributed by atoms with E-state index in [9.17, 15) is 0 Å². The molecule has 112 valence electrons. The van der Waals surface area contributed by atoms with Crippen molar-refractivity contribution in [1.82, 2.24) is 15.1 Å². The van der Waals surface area contributed by atoms with E-state index in [-0.39, 0.29) is 0 Å². The summed E-state index contributed by atoms with van der Waals surface area (Å²) in [6.45, 7) is 5.96. The molecule has 1 atom stereocenters. The highest BCUT2D eigenvalue weighted by molar-refractivity contribution is 5.14. The summed E-state index contributed by atoms with van der Waals surface area (Å²) < 4.78 is 0. The second-order valence-electron chi connectivity index (χ2n) is 6.01. The number of likely N-dealkylation sites (tertiary alicyclic amines) is 1. The van der Waals surface area contributed by atoms with Crippen LogP contribution in [0.2, 0.25) is 0 Å². The molecule has 1 aliphatic rings. The monoisotopic (exact) mass is 275 g/mol. The zero-order valence-electron chi connectivity index (χ0n) is 13.0. The second-order valence-corrected chi connectivity index (χ2v) is 6.01. The molecule has 1 aliphatic heterocycles. The topological polar surface area (TPSA) is 18.5 Å². The highest BCUT2D eigenvalue weighted by Gasteiger charge is 2.17. The first-order valence-electron chi connectivity index (χ1n) is 7.90. The van der Waals surface area contributed by atoms with E-state index >= 15 is 0 Å². The standard InChI is InChI=1S/C17H29N3/c1-18-17-10-6-12-20(15-17)13-7-11-19(2)14-16-8-4-3-5-9-16/h3-5,8-9,17-18H,6-7,10-15H2,1-2H3. The van der Waals surface area contributed by atoms with Crippen LogP contribution in [0.5, 0.6) is 0 Å². The maximum absolute atomic E-state index is 3.41. The van der Waals surface area contributed by atoms with E-state index in [1.54, 1.807) is 0 Å². The Labute approximate surface area is 124 Å². The Balaban J connectivity index is 1.63. The van der Waals surface area contributed by atoms with Gasteiger partial charge in [0.05, 0.1) is 0 Å². The van der Waals surface area contributed by atoms with Gasteiger partial charge in [0.1, 0.15) is 0 Å². The van der Waals surface area contributed by atoms with Crippen LogP contribution >= 0.6 is 0 Å². The smallest absolute Gasteiger partial charge is 0.0230 e. The predicted molar refractivity (Wildman–Crippen MR) is 85.9 cm³/mol. The molecule has 20 heavy (non-hydrogen) atoms. The van der Waals surface area contributed by atoms with Gasteiger partial charge in [-0.15, -0.1) is 0 Å². The van der Waals surface area contributed by atoms with Gasteiger partial charge in [0, 0.05) is 19.1 Å². The fourth-order valence-corrected chi connectivity index (χ4v) is 3.03. The summed E-state index contributed by atoms with van der Waals surface area (Å²) in [7, 11) is 4.31. The molecule has 1 aromatic rings. The number of hydrogen-bond donors (Lipinski definition) is 1. The first-order chi connectivity index (χ1) is 9.78. The zero-order chi connectivity index (χ0) is 14.2. The van der Waals surface area contributed by atoms with Crippen molar-refractivity contribution in [3.63, 3.8) is 0 Å². The van der Waals surface area contributed by atoms with E-state index in [1.165, 1.54) is 51.0 Å². The molecule has 1 heterocycles. The molecule has 0 spiro atoms. The van der Waals surface area contributed by atoms with Gasteiger partial charge in [0.2, 0.25) is 0 Å². The SMILES string of the molecule is CNC1CCCN(CCCN(C)Cc2ccccc2)C1. The number of hydrogen-bond acceptors (Lipinski definition) is 3. The molecule has 0 saturated carbocycles. The van der Waals surface area contributed by atoms with Crippen molar-refractivity contribution < 1.29 is 0 Å². The molecule has 0 aliphatic carbocycles. The molecular formula is C17H29N3. The van der Waals surface area contributed by atoms with Crippen molar-refractivity contribution in [2.24, 2.45) is 0 Å². The Bertz CT molecular complexity index is 366. The van der Waals surface area contributed by atoms with Crippen LogP contribution in [0.4, 0.5) is 0 Å². The summed E-state index contributed by atoms with van der Waals surface area (Å²) in [6.07, 6.45) is 3.94. The normalized spacial score (nSPS) is 20.4. The van der Waals surface area contributed by atoms with Crippen LogP contribution in [0.15, 0.2) is 30.3 Å². The first-order valence-corrected chi connectivity index (χ1v) is 7.90. The van der Waals surface area contributed by atoms with Crippen molar-refractivity contribution >= 4 is 0 Å². The Hall–Kier alpha value is -0.900. The largest absolute Gasteiger partial charge is 0.316 e. The molecule has 0 amide bonds. The van der Waals surface area contributed by atoms with E-state index < -0.39 is 0 Å². The fraction of sp³-hybridized carbons (Fsp3) is 0.647. The molecule has 0 bridgehead atoms. The third-order valence-corrected chi connectivity index (χ3v) is 4.22. The Morgan fingerprint density at radius 1 is 1.30 bits per heavy atom. The molecule has 1 N–H and O–H groups in total. The molecule has 1 saturated heterocycles. The van der Waals surface area contributed by atoms with E-state index in [0.29, 0.717) is 6.04 Å². The van der Waals surface area contributed by atoms with E-state index in [2.05, 4.69) is 59.5 Å². The van der Waals surface area contributed by atoms with Gasteiger partial charge < -0.3 is 15.1 Å². The lowest BCUT2D eigenvalue weighted by atomic mass is 10.1. The predicted octanol–water partition coefficient (Wildman–Crippen LogP) is 2.19. The summed E-state index contributed by atoms with van der Waals surface area (Å²) in [5.41, 5.74) is 1.41. The summed E-state index contributed by atoms with van der Waals surface area (Å²) in [6, 6.07) is 11.4. The van der Waals surface area contributed by atoms with Crippen molar-refractivity contribution in [2.45, 2.75) is 31.8 Å². The molecular weight excluding hydrogens is 246 g/mol. The van der Waals surface area contributed by atoms with Crippen molar-refractivity contribution in [2.75, 3.05) is 40.3 Å². The minimum atomic E-state index is 0.700. The van der Waals surface area contributed by atoms with Gasteiger partial charge in [-0.05, 0) is 58.6 Å². The number of nitrogens with one attached hydrogen (secondary N) is 1. The van der Waals surface area contributed by atoms with Crippen LogP contribution in [0, 0.1) is 0 Å². The number of piperidine rings is 1. The lowest BCUT2D eigenvalue weighted by Gasteiger charge is -2.32. The molecule has 2 rings (SSSR count). The summed E-state index contributed by atoms with van der Waals surface area (Å²) >= 11 is 0. The lowest BCUT2D eigenvalue weighted by Crippen LogP contribution is -2.45. The van der Waals surface area contributed by atoms with Crippen LogP contribution in [0.25, 0.3) is 0 Å². The van der Waals surface area contributed by atoms with Gasteiger partial charge in [-0.25, -0.2) is 0 Å². The Morgan fingerprint density at radius 3 is 2.85 bits per heavy atom. The summed E-state index contributed by atoms with van der Waals surface area (Å²) in [4.78, 5) is 5.04. The average molecular weight is 275 g/mol. The first kappa shape index (κ1) is 15.5. The van der Waals surface area contributed by atoms with Gasteiger partial charge in [-0.3, -0.25) is 0 Å². The summed E-state index contributed by atoms with van der Waals surface area (Å²) in [5, 5.41) is 3.41. The summed E-state index contributed by atoms with van der Waals surface area (Å²) in [5.74, 6) is 0. The van der Waals surface area contributed by atoms with Crippen molar-refractivity contribution in [3.05, 3.63) is 35.9 Å². The number of rotatable bonds is 7. The minimum Gasteiger partial charge on any atom is -0.316 e. The minimum absolute atomic E-state index is 0.700. The van der Waals surface area contributed by atoms with Crippen LogP contribution in [-0.4, -0.2) is 56.1 Å². The van der Waals surface area contributed by atoms with Crippen LogP contribution in [-0.2, 0) is 6.54 Å². The third-order valence-electron chi connectivity index (χ3n) is 4.22. The molecule has 3 nitrogen and oxygen atoms in total. The van der Waals surface area contributed by atoms with E-state index in [1.807, 2.05) is 0 Å². The van der Waals surface area contributed by atoms with Gasteiger partial charge in [0.15, 0.2) is 0 Å². The molecule has 1 aromatic carbocycles. The van der Waals surface area contributed by atoms with Gasteiger partial charge in [-0.1, -0.05) is 30.3 Å². The Kier molecular flexibility index (Phi) is 6.51. The van der Waals surface area contributed by atoms with Gasteiger partial charge in [0.25, 0.3) is 0 Å². The zero-order valence-corrected chi connectivity index (χ0v) is 13.0. The van der Waals surface area contributed by atoms with Crippen LogP contribution in [0.1, 0.15) is 24.8 Å². The van der Waals surface area contributed by atoms with E-state index in [4.69, 9.17) is 0 Å². The Morgan fingerprint density at radius 2 is 2.10 bits per heavy atom. The van der Waals surface area contributed by atoms with E-state index in [0.717, 1.165) is 6.54 Å². The quantitative estimate of drug-likeness (QED) is 0.823.